The maximum Gasteiger partial charge on any atom is 0.497 e. The predicted molar refractivity (Wildman–Crippen MR) is 75.2 cm³/mol. The molecule has 0 bridgehead atoms. The van der Waals surface area contributed by atoms with Gasteiger partial charge in [0, 0.05) is 11.7 Å². The van der Waals surface area contributed by atoms with E-state index < -0.39 is 34.0 Å². The van der Waals surface area contributed by atoms with Crippen LogP contribution in [0.25, 0.3) is 0 Å². The summed E-state index contributed by atoms with van der Waals surface area (Å²) in [5.74, 6) is -0.545. The van der Waals surface area contributed by atoms with Gasteiger partial charge >= 0.3 is 7.12 Å². The highest BCUT2D eigenvalue weighted by molar-refractivity contribution is 7.90. The molecule has 1 aromatic carbocycles. The fourth-order valence-corrected chi connectivity index (χ4v) is 2.56. The average molecular weight is 300 g/mol. The minimum Gasteiger partial charge on any atom is -0.399 e. The molecule has 0 aromatic heterocycles. The van der Waals surface area contributed by atoms with Crippen molar-refractivity contribution < 1.29 is 22.1 Å². The molecule has 1 aliphatic rings. The molecular weight excluding hydrogens is 282 g/mol. The summed E-state index contributed by atoms with van der Waals surface area (Å²) >= 11 is 0. The fourth-order valence-electron chi connectivity index (χ4n) is 1.90. The monoisotopic (exact) mass is 300 g/mol. The summed E-state index contributed by atoms with van der Waals surface area (Å²) in [7, 11) is -4.32. The lowest BCUT2D eigenvalue weighted by atomic mass is 9.79. The van der Waals surface area contributed by atoms with Crippen molar-refractivity contribution in [1.82, 2.24) is 0 Å². The second-order valence-electron chi connectivity index (χ2n) is 6.04. The van der Waals surface area contributed by atoms with E-state index in [9.17, 15) is 12.8 Å². The second-order valence-corrected chi connectivity index (χ2v) is 8.06. The molecule has 0 spiro atoms. The van der Waals surface area contributed by atoms with Gasteiger partial charge in [-0.2, -0.15) is 0 Å². The summed E-state index contributed by atoms with van der Waals surface area (Å²) < 4.78 is 48.6. The van der Waals surface area contributed by atoms with Crippen molar-refractivity contribution in [3.05, 3.63) is 24.0 Å². The quantitative estimate of drug-likeness (QED) is 0.614. The zero-order valence-corrected chi connectivity index (χ0v) is 13.0. The summed E-state index contributed by atoms with van der Waals surface area (Å²) in [6.07, 6.45) is 1.08. The molecule has 1 aliphatic heterocycles. The second kappa shape index (κ2) is 4.54. The lowest BCUT2D eigenvalue weighted by Gasteiger charge is -2.32. The Hall–Kier alpha value is -0.915. The molecule has 4 nitrogen and oxygen atoms in total. The third kappa shape index (κ3) is 2.62. The highest BCUT2D eigenvalue weighted by atomic mass is 32.2. The molecule has 1 fully saturated rings. The van der Waals surface area contributed by atoms with Gasteiger partial charge in [0.2, 0.25) is 0 Å². The number of hydrogen-bond acceptors (Lipinski definition) is 4. The van der Waals surface area contributed by atoms with Crippen LogP contribution in [-0.2, 0) is 19.1 Å². The molecule has 20 heavy (non-hydrogen) atoms. The molecule has 0 aliphatic carbocycles. The molecule has 0 N–H and O–H groups in total. The molecule has 2 rings (SSSR count). The summed E-state index contributed by atoms with van der Waals surface area (Å²) in [4.78, 5) is 0.0450. The van der Waals surface area contributed by atoms with Crippen LogP contribution in [-0.4, -0.2) is 33.0 Å². The van der Waals surface area contributed by atoms with Crippen LogP contribution >= 0.6 is 0 Å². The van der Waals surface area contributed by atoms with Gasteiger partial charge < -0.3 is 9.31 Å². The standard InChI is InChI=1S/C13H18BFO4S/c1-12(2)13(3,4)19-14(18-12)10-8-9(20(5,16)17)6-7-11(10)15/h6-8H,1-5H3. The number of rotatable bonds is 2. The van der Waals surface area contributed by atoms with E-state index >= 15 is 0 Å². The van der Waals surface area contributed by atoms with E-state index in [-0.39, 0.29) is 10.4 Å². The van der Waals surface area contributed by atoms with Gasteiger partial charge in [0.05, 0.1) is 16.1 Å². The van der Waals surface area contributed by atoms with Crippen LogP contribution in [0, 0.1) is 5.82 Å². The molecule has 0 radical (unpaired) electrons. The molecule has 1 heterocycles. The van der Waals surface area contributed by atoms with Crippen molar-refractivity contribution in [2.75, 3.05) is 6.26 Å². The molecule has 7 heteroatoms. The third-order valence-electron chi connectivity index (χ3n) is 3.90. The van der Waals surface area contributed by atoms with E-state index in [1.54, 1.807) is 0 Å². The van der Waals surface area contributed by atoms with Crippen molar-refractivity contribution in [2.24, 2.45) is 0 Å². The summed E-state index contributed by atoms with van der Waals surface area (Å²) in [5.41, 5.74) is -1.11. The van der Waals surface area contributed by atoms with Gasteiger partial charge in [0.1, 0.15) is 5.82 Å². The van der Waals surface area contributed by atoms with Crippen LogP contribution in [0.5, 0.6) is 0 Å². The van der Waals surface area contributed by atoms with Gasteiger partial charge in [-0.05, 0) is 45.9 Å². The highest BCUT2D eigenvalue weighted by Crippen LogP contribution is 2.36. The topological polar surface area (TPSA) is 52.6 Å². The first kappa shape index (κ1) is 15.5. The zero-order valence-electron chi connectivity index (χ0n) is 12.2. The molecule has 1 saturated heterocycles. The van der Waals surface area contributed by atoms with Crippen molar-refractivity contribution >= 4 is 22.4 Å². The lowest BCUT2D eigenvalue weighted by molar-refractivity contribution is 0.00578. The Labute approximate surface area is 119 Å². The Bertz CT molecular complexity index is 624. The Balaban J connectivity index is 2.45. The molecule has 110 valence electrons. The van der Waals surface area contributed by atoms with Gasteiger partial charge in [-0.1, -0.05) is 0 Å². The molecule has 0 saturated carbocycles. The molecule has 0 unspecified atom stereocenters. The van der Waals surface area contributed by atoms with Gasteiger partial charge in [-0.25, -0.2) is 12.8 Å². The first-order valence-corrected chi connectivity index (χ1v) is 8.18. The van der Waals surface area contributed by atoms with Gasteiger partial charge in [-0.15, -0.1) is 0 Å². The Morgan fingerprint density at radius 3 is 2.05 bits per heavy atom. The Morgan fingerprint density at radius 2 is 1.60 bits per heavy atom. The van der Waals surface area contributed by atoms with Crippen LogP contribution in [0.1, 0.15) is 27.7 Å². The Kier molecular flexibility index (Phi) is 3.52. The lowest BCUT2D eigenvalue weighted by Crippen LogP contribution is -2.41. The van der Waals surface area contributed by atoms with Crippen LogP contribution in [0.4, 0.5) is 4.39 Å². The third-order valence-corrected chi connectivity index (χ3v) is 5.01. The van der Waals surface area contributed by atoms with Gasteiger partial charge in [0.25, 0.3) is 0 Å². The van der Waals surface area contributed by atoms with Crippen LogP contribution in [0.15, 0.2) is 23.1 Å². The smallest absolute Gasteiger partial charge is 0.399 e. The normalized spacial score (nSPS) is 21.2. The van der Waals surface area contributed by atoms with Crippen LogP contribution in [0.3, 0.4) is 0 Å². The molecule has 0 atom stereocenters. The predicted octanol–water partition coefficient (Wildman–Crippen LogP) is 1.53. The average Bonchev–Trinajstić information content (AvgIpc) is 2.46. The summed E-state index contributed by atoms with van der Waals surface area (Å²) in [6, 6.07) is 3.63. The first-order valence-electron chi connectivity index (χ1n) is 6.29. The van der Waals surface area contributed by atoms with Crippen LogP contribution in [0.2, 0.25) is 0 Å². The zero-order chi connectivity index (χ0) is 15.3. The van der Waals surface area contributed by atoms with Crippen molar-refractivity contribution in [3.63, 3.8) is 0 Å². The number of hydrogen-bond donors (Lipinski definition) is 0. The van der Waals surface area contributed by atoms with Crippen LogP contribution < -0.4 is 5.46 Å². The maximum atomic E-state index is 14.0. The number of benzene rings is 1. The summed E-state index contributed by atoms with van der Waals surface area (Å²) in [6.45, 7) is 7.41. The van der Waals surface area contributed by atoms with E-state index in [1.165, 1.54) is 12.1 Å². The molecule has 0 amide bonds. The SMILES string of the molecule is CC1(C)OB(c2cc(S(C)(=O)=O)ccc2F)OC1(C)C. The molecular formula is C13H18BFO4S. The van der Waals surface area contributed by atoms with E-state index in [1.807, 2.05) is 27.7 Å². The maximum absolute atomic E-state index is 14.0. The van der Waals surface area contributed by atoms with E-state index in [0.717, 1.165) is 12.3 Å². The molecule has 1 aromatic rings. The highest BCUT2D eigenvalue weighted by Gasteiger charge is 2.52. The van der Waals surface area contributed by atoms with Gasteiger partial charge in [-0.3, -0.25) is 0 Å². The number of sulfone groups is 1. The van der Waals surface area contributed by atoms with E-state index in [2.05, 4.69) is 0 Å². The van der Waals surface area contributed by atoms with E-state index in [4.69, 9.17) is 9.31 Å². The summed E-state index contributed by atoms with van der Waals surface area (Å²) in [5, 5.41) is 0. The fraction of sp³-hybridized carbons (Fsp3) is 0.538. The van der Waals surface area contributed by atoms with Gasteiger partial charge in [0.15, 0.2) is 9.84 Å². The Morgan fingerprint density at radius 1 is 1.10 bits per heavy atom. The van der Waals surface area contributed by atoms with Crippen molar-refractivity contribution in [3.8, 4) is 0 Å². The largest absolute Gasteiger partial charge is 0.497 e. The van der Waals surface area contributed by atoms with Crippen molar-refractivity contribution in [1.29, 1.82) is 0 Å². The minimum absolute atomic E-state index is 0.0450. The minimum atomic E-state index is -3.41. The number of halogens is 1. The van der Waals surface area contributed by atoms with Crippen molar-refractivity contribution in [2.45, 2.75) is 43.8 Å². The van der Waals surface area contributed by atoms with E-state index in [0.29, 0.717) is 0 Å². The first-order chi connectivity index (χ1) is 8.94.